The first kappa shape index (κ1) is 46.2. The van der Waals surface area contributed by atoms with Crippen LogP contribution in [0, 0.1) is 17.7 Å². The van der Waals surface area contributed by atoms with E-state index >= 15 is 0 Å². The minimum Gasteiger partial charge on any atom is -0.390 e. The van der Waals surface area contributed by atoms with Gasteiger partial charge in [-0.05, 0) is 120 Å². The largest absolute Gasteiger partial charge is 0.390 e. The molecule has 4 aromatic carbocycles. The van der Waals surface area contributed by atoms with Gasteiger partial charge in [0.25, 0.3) is 0 Å². The van der Waals surface area contributed by atoms with Crippen molar-refractivity contribution in [2.45, 2.75) is 76.4 Å². The number of nitrogens with zero attached hydrogens (tertiary/aromatic N) is 2. The molecule has 0 unspecified atom stereocenters. The van der Waals surface area contributed by atoms with E-state index in [2.05, 4.69) is 25.8 Å². The Bertz CT molecular complexity index is 2370. The summed E-state index contributed by atoms with van der Waals surface area (Å²) in [6, 6.07) is 19.9. The van der Waals surface area contributed by atoms with Gasteiger partial charge in [-0.3, -0.25) is 19.2 Å². The van der Waals surface area contributed by atoms with Crippen LogP contribution in [0.25, 0.3) is 0 Å². The molecule has 0 aromatic heterocycles. The molecule has 65 heavy (non-hydrogen) atoms. The highest BCUT2D eigenvalue weighted by molar-refractivity contribution is 6.32. The predicted molar refractivity (Wildman–Crippen MR) is 252 cm³/mol. The third-order valence-electron chi connectivity index (χ3n) is 13.3. The van der Waals surface area contributed by atoms with E-state index in [0.29, 0.717) is 59.2 Å². The number of aliphatic hydroxyl groups is 2. The van der Waals surface area contributed by atoms with Gasteiger partial charge in [-0.1, -0.05) is 61.4 Å². The second kappa shape index (κ2) is 21.3. The molecule has 4 fully saturated rings. The molecule has 12 nitrogen and oxygen atoms in total. The molecule has 0 radical (unpaired) electrons. The number of aliphatic hydroxyl groups excluding tert-OH is 2. The summed E-state index contributed by atoms with van der Waals surface area (Å²) < 4.78 is 14.4. The van der Waals surface area contributed by atoms with Gasteiger partial charge in [-0.25, -0.2) is 4.39 Å². The van der Waals surface area contributed by atoms with Crippen molar-refractivity contribution in [1.29, 1.82) is 0 Å². The Kier molecular flexibility index (Phi) is 15.2. The highest BCUT2D eigenvalue weighted by Crippen LogP contribution is 2.38. The Balaban J connectivity index is 0.000000161. The van der Waals surface area contributed by atoms with Crippen molar-refractivity contribution in [3.05, 3.63) is 123 Å². The van der Waals surface area contributed by atoms with Gasteiger partial charge in [0.15, 0.2) is 23.1 Å². The molecular formula is C52H63FN6O6. The van der Waals surface area contributed by atoms with Crippen LogP contribution in [0.5, 0.6) is 0 Å². The van der Waals surface area contributed by atoms with Crippen molar-refractivity contribution in [3.8, 4) is 0 Å². The van der Waals surface area contributed by atoms with E-state index in [9.17, 15) is 33.8 Å². The van der Waals surface area contributed by atoms with Crippen LogP contribution in [0.15, 0.2) is 72.8 Å². The fourth-order valence-electron chi connectivity index (χ4n) is 9.24. The smallest absolute Gasteiger partial charge is 0.197 e. The van der Waals surface area contributed by atoms with Gasteiger partial charge in [-0.2, -0.15) is 0 Å². The summed E-state index contributed by atoms with van der Waals surface area (Å²) in [6.45, 7) is 7.46. The standard InChI is InChI=1S/C26H31N3O3.C22H23FN2O3.C4H9N/c30-18(16-29-12-4-1-5-13-29)15-28-22-11-10-21(27-14-17-8-9-17)23-24(22)26(32)20-7-3-2-6-19(20)25(23)31;23-17-8-9-18(24-12-14(26)13-25-10-4-1-5-11-25)20-19(17)21(27)15-6-2-3-7-16(15)22(20)28;5-3-4-1-2-4/h2-3,6-7,10-11,17-18,27-28,30H,1,4-5,8-9,12-16H2;2-3,6-9,14,24,26H,1,4-5,10-13H2;4H,1-3,5H2/t18-;14-;/m00./s1. The molecule has 2 aliphatic heterocycles. The van der Waals surface area contributed by atoms with Crippen molar-refractivity contribution in [1.82, 2.24) is 9.80 Å². The summed E-state index contributed by atoms with van der Waals surface area (Å²) in [4.78, 5) is 57.1. The number of ketones is 4. The zero-order valence-corrected chi connectivity index (χ0v) is 37.3. The number of hydrogen-bond donors (Lipinski definition) is 6. The van der Waals surface area contributed by atoms with Crippen LogP contribution in [0.2, 0.25) is 0 Å². The number of hydrogen-bond acceptors (Lipinski definition) is 12. The van der Waals surface area contributed by atoms with Gasteiger partial charge in [0.05, 0.1) is 34.5 Å². The van der Waals surface area contributed by atoms with Crippen LogP contribution >= 0.6 is 0 Å². The van der Waals surface area contributed by atoms with Crippen molar-refractivity contribution >= 4 is 40.2 Å². The quantitative estimate of drug-likeness (QED) is 0.0679. The number of fused-ring (bicyclic) bond motifs is 4. The first-order valence-electron chi connectivity index (χ1n) is 23.7. The summed E-state index contributed by atoms with van der Waals surface area (Å²) in [7, 11) is 0. The van der Waals surface area contributed by atoms with E-state index in [0.717, 1.165) is 63.7 Å². The number of halogens is 1. The molecule has 4 aliphatic carbocycles. The number of nitrogens with one attached hydrogen (secondary N) is 3. The molecule has 2 atom stereocenters. The first-order chi connectivity index (χ1) is 31.6. The molecule has 0 bridgehead atoms. The fraction of sp³-hybridized carbons (Fsp3) is 0.462. The summed E-state index contributed by atoms with van der Waals surface area (Å²) in [5, 5.41) is 30.7. The van der Waals surface area contributed by atoms with Gasteiger partial charge in [0, 0.05) is 72.0 Å². The minimum atomic E-state index is -0.706. The van der Waals surface area contributed by atoms with Crippen LogP contribution in [0.1, 0.15) is 128 Å². The number of piperidine rings is 2. The number of nitrogens with two attached hydrogens (primary N) is 1. The third kappa shape index (κ3) is 11.2. The van der Waals surface area contributed by atoms with Gasteiger partial charge in [0.1, 0.15) is 5.82 Å². The van der Waals surface area contributed by atoms with E-state index in [1.807, 2.05) is 12.1 Å². The normalized spacial score (nSPS) is 19.0. The lowest BCUT2D eigenvalue weighted by molar-refractivity contribution is 0.0976. The molecule has 344 valence electrons. The average Bonchev–Trinajstić information content (AvgIpc) is 4.28. The number of rotatable bonds is 14. The number of anilines is 3. The summed E-state index contributed by atoms with van der Waals surface area (Å²) >= 11 is 0. The Morgan fingerprint density at radius 1 is 0.523 bits per heavy atom. The molecule has 10 rings (SSSR count). The predicted octanol–water partition coefficient (Wildman–Crippen LogP) is 6.76. The lowest BCUT2D eigenvalue weighted by Gasteiger charge is -2.29. The lowest BCUT2D eigenvalue weighted by Crippen LogP contribution is -2.39. The van der Waals surface area contributed by atoms with Gasteiger partial charge in [-0.15, -0.1) is 0 Å². The summed E-state index contributed by atoms with van der Waals surface area (Å²) in [5.41, 5.74) is 9.07. The second-order valence-corrected chi connectivity index (χ2v) is 18.5. The van der Waals surface area contributed by atoms with Crippen LogP contribution in [-0.2, 0) is 0 Å². The van der Waals surface area contributed by atoms with Gasteiger partial charge < -0.3 is 41.7 Å². The second-order valence-electron chi connectivity index (χ2n) is 18.5. The SMILES string of the molecule is NCC1CC1.O=C1c2ccccc2C(=O)c2c(NC[C@H](O)CN3CCCCC3)ccc(F)c21.O=C1c2ccccc2C(=O)c2c(NC[C@H](O)CN3CCCCC3)ccc(NCC3CC3)c21. The minimum absolute atomic E-state index is 0.0499. The van der Waals surface area contributed by atoms with Crippen molar-refractivity contribution in [3.63, 3.8) is 0 Å². The molecule has 7 N–H and O–H groups in total. The lowest BCUT2D eigenvalue weighted by atomic mass is 9.82. The molecule has 6 aliphatic rings. The fourth-order valence-corrected chi connectivity index (χ4v) is 9.24. The Labute approximate surface area is 381 Å². The zero-order chi connectivity index (χ0) is 45.5. The van der Waals surface area contributed by atoms with Crippen LogP contribution < -0.4 is 21.7 Å². The molecule has 2 heterocycles. The number of likely N-dealkylation sites (tertiary alicyclic amines) is 2. The zero-order valence-electron chi connectivity index (χ0n) is 37.3. The molecule has 2 saturated heterocycles. The van der Waals surface area contributed by atoms with Crippen molar-refractivity contribution < 1.29 is 33.8 Å². The number of benzene rings is 4. The maximum atomic E-state index is 14.4. The number of carbonyl (C=O) groups is 4. The Morgan fingerprint density at radius 2 is 0.892 bits per heavy atom. The monoisotopic (exact) mass is 886 g/mol. The molecular weight excluding hydrogens is 824 g/mol. The van der Waals surface area contributed by atoms with E-state index in [-0.39, 0.29) is 46.1 Å². The Morgan fingerprint density at radius 3 is 1.28 bits per heavy atom. The molecule has 0 amide bonds. The average molecular weight is 887 g/mol. The maximum absolute atomic E-state index is 14.4. The van der Waals surface area contributed by atoms with Crippen molar-refractivity contribution in [2.75, 3.05) is 81.4 Å². The number of β-amino-alcohol motifs (C(OH)–C–C–N with tert-alkyl or cyclic N) is 2. The Hall–Kier alpha value is -5.31. The van der Waals surface area contributed by atoms with E-state index in [1.165, 1.54) is 63.5 Å². The van der Waals surface area contributed by atoms with E-state index in [4.69, 9.17) is 5.73 Å². The van der Waals surface area contributed by atoms with Crippen LogP contribution in [-0.4, -0.2) is 121 Å². The molecule has 0 spiro atoms. The topological polar surface area (TPSA) is 177 Å². The van der Waals surface area contributed by atoms with E-state index in [1.54, 1.807) is 48.5 Å². The van der Waals surface area contributed by atoms with Crippen LogP contribution in [0.3, 0.4) is 0 Å². The first-order valence-corrected chi connectivity index (χ1v) is 23.7. The van der Waals surface area contributed by atoms with Crippen molar-refractivity contribution in [2.24, 2.45) is 17.6 Å². The summed E-state index contributed by atoms with van der Waals surface area (Å²) in [6.07, 6.45) is 11.1. The summed E-state index contributed by atoms with van der Waals surface area (Å²) in [5.74, 6) is -0.269. The highest BCUT2D eigenvalue weighted by Gasteiger charge is 2.36. The van der Waals surface area contributed by atoms with Crippen LogP contribution in [0.4, 0.5) is 21.5 Å². The van der Waals surface area contributed by atoms with Gasteiger partial charge in [0.2, 0.25) is 0 Å². The molecule has 13 heteroatoms. The molecule has 2 saturated carbocycles. The third-order valence-corrected chi connectivity index (χ3v) is 13.3. The number of carbonyl (C=O) groups excluding carboxylic acids is 4. The maximum Gasteiger partial charge on any atom is 0.197 e. The van der Waals surface area contributed by atoms with E-state index < -0.39 is 23.8 Å². The van der Waals surface area contributed by atoms with Gasteiger partial charge >= 0.3 is 0 Å². The highest BCUT2D eigenvalue weighted by atomic mass is 19.1. The molecule has 4 aromatic rings.